The zero-order valence-corrected chi connectivity index (χ0v) is 4.75. The van der Waals surface area contributed by atoms with E-state index in [1.54, 1.807) is 0 Å². The second kappa shape index (κ2) is 1.25. The summed E-state index contributed by atoms with van der Waals surface area (Å²) >= 11 is 0. The molecule has 0 aliphatic heterocycles. The van der Waals surface area contributed by atoms with Crippen molar-refractivity contribution in [2.45, 2.75) is 25.0 Å². The van der Waals surface area contributed by atoms with Crippen LogP contribution in [-0.4, -0.2) is 17.3 Å². The van der Waals surface area contributed by atoms with Crippen LogP contribution in [0.3, 0.4) is 0 Å². The molecule has 2 saturated carbocycles. The number of hydrogen-bond acceptors (Lipinski definition) is 2. The van der Waals surface area contributed by atoms with E-state index in [2.05, 4.69) is 0 Å². The van der Waals surface area contributed by atoms with Crippen LogP contribution in [-0.2, 0) is 0 Å². The Kier molecular flexibility index (Phi) is 0.746. The first-order valence-corrected chi connectivity index (χ1v) is 3.22. The molecule has 0 radical (unpaired) electrons. The highest BCUT2D eigenvalue weighted by Gasteiger charge is 2.52. The van der Waals surface area contributed by atoms with Gasteiger partial charge in [0.1, 0.15) is 0 Å². The van der Waals surface area contributed by atoms with Gasteiger partial charge in [-0.15, -0.1) is 0 Å². The maximum Gasteiger partial charge on any atom is 0.0586 e. The summed E-state index contributed by atoms with van der Waals surface area (Å²) in [5, 5.41) is 9.13. The van der Waals surface area contributed by atoms with Crippen molar-refractivity contribution in [2.24, 2.45) is 17.6 Å². The number of nitrogens with two attached hydrogens (primary N) is 1. The van der Waals surface area contributed by atoms with E-state index in [9.17, 15) is 0 Å². The highest BCUT2D eigenvalue weighted by atomic mass is 16.3. The Labute approximate surface area is 48.7 Å². The molecule has 0 aromatic carbocycles. The lowest BCUT2D eigenvalue weighted by Gasteiger charge is -2.04. The van der Waals surface area contributed by atoms with Crippen LogP contribution in [0.25, 0.3) is 0 Å². The second-order valence-corrected chi connectivity index (χ2v) is 3.03. The van der Waals surface area contributed by atoms with E-state index in [4.69, 9.17) is 10.8 Å². The Bertz CT molecular complexity index is 99.1. The monoisotopic (exact) mass is 113 g/mol. The van der Waals surface area contributed by atoms with Crippen molar-refractivity contribution >= 4 is 0 Å². The van der Waals surface area contributed by atoms with Gasteiger partial charge in [-0.25, -0.2) is 0 Å². The van der Waals surface area contributed by atoms with Gasteiger partial charge < -0.3 is 10.8 Å². The van der Waals surface area contributed by atoms with Crippen molar-refractivity contribution in [1.82, 2.24) is 0 Å². The minimum Gasteiger partial charge on any atom is -0.393 e. The Morgan fingerprint density at radius 2 is 2.00 bits per heavy atom. The van der Waals surface area contributed by atoms with Crippen LogP contribution >= 0.6 is 0 Å². The fourth-order valence-electron chi connectivity index (χ4n) is 1.80. The molecular formula is C6H11NO. The standard InChI is InChI=1S/C6H11NO/c7-5-2-6(8)4-1-3(4)5/h3-6,8H,1-2,7H2/t3-,4+,5-,6-/m1/s1. The van der Waals surface area contributed by atoms with Crippen LogP contribution in [0.2, 0.25) is 0 Å². The third kappa shape index (κ3) is 0.446. The molecule has 0 aromatic heterocycles. The first-order valence-electron chi connectivity index (χ1n) is 3.22. The Balaban J connectivity index is 2.09. The van der Waals surface area contributed by atoms with Crippen LogP contribution in [0.5, 0.6) is 0 Å². The van der Waals surface area contributed by atoms with Crippen molar-refractivity contribution in [1.29, 1.82) is 0 Å². The van der Waals surface area contributed by atoms with E-state index in [1.807, 2.05) is 0 Å². The smallest absolute Gasteiger partial charge is 0.0586 e. The number of rotatable bonds is 0. The van der Waals surface area contributed by atoms with Gasteiger partial charge in [-0.3, -0.25) is 0 Å². The van der Waals surface area contributed by atoms with E-state index in [0.717, 1.165) is 6.42 Å². The number of aliphatic hydroxyl groups is 1. The SMILES string of the molecule is N[C@@H]1C[C@@H](O)[C@H]2C[C@H]21. The van der Waals surface area contributed by atoms with E-state index < -0.39 is 0 Å². The third-order valence-electron chi connectivity index (χ3n) is 2.45. The number of aliphatic hydroxyl groups excluding tert-OH is 1. The molecule has 8 heavy (non-hydrogen) atoms. The summed E-state index contributed by atoms with van der Waals surface area (Å²) in [6.45, 7) is 0. The molecule has 2 aliphatic rings. The lowest BCUT2D eigenvalue weighted by Crippen LogP contribution is -2.21. The molecule has 0 bridgehead atoms. The van der Waals surface area contributed by atoms with Gasteiger partial charge in [-0.05, 0) is 24.7 Å². The summed E-state index contributed by atoms with van der Waals surface area (Å²) in [6.07, 6.45) is 1.97. The van der Waals surface area contributed by atoms with E-state index >= 15 is 0 Å². The highest BCUT2D eigenvalue weighted by molar-refractivity contribution is 5.04. The molecule has 4 atom stereocenters. The van der Waals surface area contributed by atoms with E-state index in [0.29, 0.717) is 17.9 Å². The molecule has 2 heteroatoms. The van der Waals surface area contributed by atoms with Crippen molar-refractivity contribution in [3.05, 3.63) is 0 Å². The van der Waals surface area contributed by atoms with Crippen LogP contribution in [0, 0.1) is 11.8 Å². The average molecular weight is 113 g/mol. The Morgan fingerprint density at radius 1 is 1.25 bits per heavy atom. The quantitative estimate of drug-likeness (QED) is 0.453. The molecule has 3 N–H and O–H groups in total. The van der Waals surface area contributed by atoms with Gasteiger partial charge in [0, 0.05) is 6.04 Å². The minimum atomic E-state index is -0.0602. The van der Waals surface area contributed by atoms with Gasteiger partial charge in [0.25, 0.3) is 0 Å². The maximum absolute atomic E-state index is 9.13. The molecule has 0 spiro atoms. The summed E-state index contributed by atoms with van der Waals surface area (Å²) in [4.78, 5) is 0. The Hall–Kier alpha value is -0.0800. The predicted octanol–water partition coefficient (Wildman–Crippen LogP) is -0.286. The van der Waals surface area contributed by atoms with Crippen molar-refractivity contribution in [2.75, 3.05) is 0 Å². The minimum absolute atomic E-state index is 0.0602. The molecule has 0 aromatic rings. The van der Waals surface area contributed by atoms with Gasteiger partial charge in [0.2, 0.25) is 0 Å². The van der Waals surface area contributed by atoms with Crippen molar-refractivity contribution in [3.63, 3.8) is 0 Å². The lowest BCUT2D eigenvalue weighted by atomic mass is 10.2. The fraction of sp³-hybridized carbons (Fsp3) is 1.00. The average Bonchev–Trinajstić information content (AvgIpc) is 2.35. The maximum atomic E-state index is 9.13. The second-order valence-electron chi connectivity index (χ2n) is 3.03. The number of fused-ring (bicyclic) bond motifs is 1. The van der Waals surface area contributed by atoms with Crippen LogP contribution in [0.4, 0.5) is 0 Å². The molecule has 2 fully saturated rings. The molecule has 46 valence electrons. The molecule has 0 saturated heterocycles. The molecule has 0 heterocycles. The lowest BCUT2D eigenvalue weighted by molar-refractivity contribution is 0.157. The Morgan fingerprint density at radius 3 is 2.12 bits per heavy atom. The molecule has 2 nitrogen and oxygen atoms in total. The largest absolute Gasteiger partial charge is 0.393 e. The van der Waals surface area contributed by atoms with Crippen molar-refractivity contribution in [3.8, 4) is 0 Å². The first-order chi connectivity index (χ1) is 3.79. The third-order valence-corrected chi connectivity index (χ3v) is 2.45. The fourth-order valence-corrected chi connectivity index (χ4v) is 1.80. The zero-order valence-electron chi connectivity index (χ0n) is 4.75. The molecular weight excluding hydrogens is 102 g/mol. The normalized spacial score (nSPS) is 60.8. The van der Waals surface area contributed by atoms with Gasteiger partial charge in [0.15, 0.2) is 0 Å². The first kappa shape index (κ1) is 4.77. The van der Waals surface area contributed by atoms with Gasteiger partial charge in [-0.1, -0.05) is 0 Å². The summed E-state index contributed by atoms with van der Waals surface area (Å²) < 4.78 is 0. The molecule has 0 unspecified atom stereocenters. The summed E-state index contributed by atoms with van der Waals surface area (Å²) in [6, 6.07) is 0.315. The van der Waals surface area contributed by atoms with Gasteiger partial charge >= 0.3 is 0 Å². The zero-order chi connectivity index (χ0) is 5.72. The molecule has 2 aliphatic carbocycles. The van der Waals surface area contributed by atoms with Gasteiger partial charge in [-0.2, -0.15) is 0 Å². The highest BCUT2D eigenvalue weighted by Crippen LogP contribution is 2.50. The van der Waals surface area contributed by atoms with Crippen LogP contribution in [0.1, 0.15) is 12.8 Å². The van der Waals surface area contributed by atoms with E-state index in [1.165, 1.54) is 6.42 Å². The van der Waals surface area contributed by atoms with Gasteiger partial charge in [0.05, 0.1) is 6.10 Å². The topological polar surface area (TPSA) is 46.2 Å². The van der Waals surface area contributed by atoms with E-state index in [-0.39, 0.29) is 6.10 Å². The number of hydrogen-bond donors (Lipinski definition) is 2. The summed E-state index contributed by atoms with van der Waals surface area (Å²) in [5.41, 5.74) is 5.65. The van der Waals surface area contributed by atoms with Crippen LogP contribution < -0.4 is 5.73 Å². The van der Waals surface area contributed by atoms with Crippen LogP contribution in [0.15, 0.2) is 0 Å². The summed E-state index contributed by atoms with van der Waals surface area (Å²) in [7, 11) is 0. The van der Waals surface area contributed by atoms with Crippen molar-refractivity contribution < 1.29 is 5.11 Å². The molecule has 2 rings (SSSR count). The molecule has 0 amide bonds. The predicted molar refractivity (Wildman–Crippen MR) is 30.2 cm³/mol. The summed E-state index contributed by atoms with van der Waals surface area (Å²) in [5.74, 6) is 1.27.